The van der Waals surface area contributed by atoms with E-state index in [1.807, 2.05) is 0 Å². The van der Waals surface area contributed by atoms with E-state index in [2.05, 4.69) is 76.4 Å². The molecule has 1 aliphatic heterocycles. The predicted molar refractivity (Wildman–Crippen MR) is 76.1 cm³/mol. The lowest BCUT2D eigenvalue weighted by Crippen LogP contribution is -1.98. The number of halogens is 1. The summed E-state index contributed by atoms with van der Waals surface area (Å²) in [6.07, 6.45) is 0. The zero-order chi connectivity index (χ0) is 11.0. The Kier molecular flexibility index (Phi) is 2.59. The van der Waals surface area contributed by atoms with E-state index in [0.29, 0.717) is 3.92 Å². The normalized spacial score (nSPS) is 17.9. The Morgan fingerprint density at radius 3 is 2.50 bits per heavy atom. The van der Waals surface area contributed by atoms with Crippen LogP contribution in [0, 0.1) is 0 Å². The summed E-state index contributed by atoms with van der Waals surface area (Å²) >= 11 is 2.52. The molecule has 0 fully saturated rings. The first-order chi connectivity index (χ1) is 7.86. The third kappa shape index (κ3) is 1.61. The van der Waals surface area contributed by atoms with E-state index in [9.17, 15) is 0 Å². The fourth-order valence-electron chi connectivity index (χ4n) is 2.18. The Hall–Kier alpha value is -1.03. The van der Waals surface area contributed by atoms with Crippen LogP contribution in [0.4, 0.5) is 5.69 Å². The fourth-order valence-corrected chi connectivity index (χ4v) is 3.33. The lowest BCUT2D eigenvalue weighted by Gasteiger charge is -2.12. The van der Waals surface area contributed by atoms with Crippen LogP contribution in [0.25, 0.3) is 0 Å². The molecule has 1 atom stereocenters. The van der Waals surface area contributed by atoms with Gasteiger partial charge in [-0.05, 0) is 22.8 Å². The van der Waals surface area contributed by atoms with Crippen molar-refractivity contribution in [2.75, 3.05) is 5.32 Å². The Morgan fingerprint density at radius 2 is 1.62 bits per heavy atom. The van der Waals surface area contributed by atoms with Crippen LogP contribution in [0.5, 0.6) is 0 Å². The molecule has 1 aliphatic rings. The zero-order valence-corrected chi connectivity index (χ0v) is 10.9. The van der Waals surface area contributed by atoms with Crippen molar-refractivity contribution in [3.63, 3.8) is 0 Å². The highest BCUT2D eigenvalue weighted by Gasteiger charge is 2.19. The second kappa shape index (κ2) is 4.09. The number of rotatable bonds is 0. The SMILES string of the molecule is IC1c2ccccc2CNc2ccccc21. The minimum atomic E-state index is 0.444. The summed E-state index contributed by atoms with van der Waals surface area (Å²) in [5.74, 6) is 0. The molecule has 0 bridgehead atoms. The van der Waals surface area contributed by atoms with E-state index in [1.165, 1.54) is 22.4 Å². The highest BCUT2D eigenvalue weighted by Crippen LogP contribution is 2.39. The lowest BCUT2D eigenvalue weighted by molar-refractivity contribution is 1.12. The number of hydrogen-bond acceptors (Lipinski definition) is 1. The molecule has 2 heteroatoms. The maximum atomic E-state index is 3.51. The molecule has 0 saturated heterocycles. The highest BCUT2D eigenvalue weighted by atomic mass is 127. The van der Waals surface area contributed by atoms with Crippen LogP contribution >= 0.6 is 22.6 Å². The van der Waals surface area contributed by atoms with Crippen molar-refractivity contribution < 1.29 is 0 Å². The largest absolute Gasteiger partial charge is 0.381 e. The van der Waals surface area contributed by atoms with Crippen molar-refractivity contribution in [3.05, 3.63) is 65.2 Å². The van der Waals surface area contributed by atoms with Crippen LogP contribution in [0.15, 0.2) is 48.5 Å². The van der Waals surface area contributed by atoms with Gasteiger partial charge in [-0.1, -0.05) is 65.1 Å². The van der Waals surface area contributed by atoms with Gasteiger partial charge in [0.1, 0.15) is 0 Å². The molecular formula is C14H12IN. The van der Waals surface area contributed by atoms with Gasteiger partial charge in [-0.25, -0.2) is 0 Å². The predicted octanol–water partition coefficient (Wildman–Crippen LogP) is 4.14. The number of hydrogen-bond donors (Lipinski definition) is 1. The minimum Gasteiger partial charge on any atom is -0.381 e. The number of para-hydroxylation sites is 1. The average molecular weight is 321 g/mol. The average Bonchev–Trinajstić information content (AvgIpc) is 2.49. The van der Waals surface area contributed by atoms with Gasteiger partial charge in [0.2, 0.25) is 0 Å². The van der Waals surface area contributed by atoms with Gasteiger partial charge in [-0.3, -0.25) is 0 Å². The van der Waals surface area contributed by atoms with Crippen LogP contribution < -0.4 is 5.32 Å². The van der Waals surface area contributed by atoms with E-state index in [-0.39, 0.29) is 0 Å². The summed E-state index contributed by atoms with van der Waals surface area (Å²) in [4.78, 5) is 0. The first-order valence-electron chi connectivity index (χ1n) is 5.41. The summed E-state index contributed by atoms with van der Waals surface area (Å²) in [5, 5.41) is 3.51. The second-order valence-corrected chi connectivity index (χ2v) is 5.25. The van der Waals surface area contributed by atoms with E-state index < -0.39 is 0 Å². The maximum absolute atomic E-state index is 3.51. The molecule has 0 radical (unpaired) electrons. The standard InChI is InChI=1S/C14H12IN/c15-14-11-6-2-1-5-10(11)9-16-13-8-4-3-7-12(13)14/h1-8,14,16H,9H2. The summed E-state index contributed by atoms with van der Waals surface area (Å²) in [6, 6.07) is 17.2. The summed E-state index contributed by atoms with van der Waals surface area (Å²) in [7, 11) is 0. The molecule has 0 saturated carbocycles. The van der Waals surface area contributed by atoms with Crippen molar-refractivity contribution >= 4 is 28.3 Å². The van der Waals surface area contributed by atoms with Crippen LogP contribution in [0.2, 0.25) is 0 Å². The van der Waals surface area contributed by atoms with Crippen molar-refractivity contribution in [3.8, 4) is 0 Å². The molecule has 2 aromatic carbocycles. The molecule has 0 aliphatic carbocycles. The molecule has 16 heavy (non-hydrogen) atoms. The van der Waals surface area contributed by atoms with Crippen molar-refractivity contribution in [2.45, 2.75) is 10.5 Å². The van der Waals surface area contributed by atoms with Gasteiger partial charge < -0.3 is 5.32 Å². The molecule has 1 N–H and O–H groups in total. The first-order valence-corrected chi connectivity index (χ1v) is 6.65. The molecule has 2 aromatic rings. The quantitative estimate of drug-likeness (QED) is 0.568. The first kappa shape index (κ1) is 10.1. The van der Waals surface area contributed by atoms with Gasteiger partial charge in [0.05, 0.1) is 3.92 Å². The van der Waals surface area contributed by atoms with E-state index in [1.54, 1.807) is 0 Å². The number of nitrogens with one attached hydrogen (secondary N) is 1. The topological polar surface area (TPSA) is 12.0 Å². The smallest absolute Gasteiger partial charge is 0.0632 e. The van der Waals surface area contributed by atoms with Crippen molar-refractivity contribution in [1.29, 1.82) is 0 Å². The minimum absolute atomic E-state index is 0.444. The third-order valence-electron chi connectivity index (χ3n) is 3.03. The Morgan fingerprint density at radius 1 is 0.938 bits per heavy atom. The molecule has 0 amide bonds. The van der Waals surface area contributed by atoms with Crippen LogP contribution in [-0.2, 0) is 6.54 Å². The molecular weight excluding hydrogens is 309 g/mol. The Balaban J connectivity index is 2.18. The zero-order valence-electron chi connectivity index (χ0n) is 8.78. The Labute approximate surface area is 109 Å². The van der Waals surface area contributed by atoms with E-state index in [0.717, 1.165) is 6.54 Å². The highest BCUT2D eigenvalue weighted by molar-refractivity contribution is 14.1. The molecule has 80 valence electrons. The number of benzene rings is 2. The van der Waals surface area contributed by atoms with Crippen LogP contribution in [-0.4, -0.2) is 0 Å². The summed E-state index contributed by atoms with van der Waals surface area (Å²) in [5.41, 5.74) is 5.48. The number of fused-ring (bicyclic) bond motifs is 2. The van der Waals surface area contributed by atoms with Crippen LogP contribution in [0.1, 0.15) is 20.6 Å². The van der Waals surface area contributed by atoms with Crippen LogP contribution in [0.3, 0.4) is 0 Å². The summed E-state index contributed by atoms with van der Waals surface area (Å²) < 4.78 is 0.444. The molecule has 1 unspecified atom stereocenters. The molecule has 0 spiro atoms. The number of anilines is 1. The van der Waals surface area contributed by atoms with E-state index >= 15 is 0 Å². The Bertz CT molecular complexity index is 474. The van der Waals surface area contributed by atoms with Gasteiger partial charge in [0.15, 0.2) is 0 Å². The second-order valence-electron chi connectivity index (χ2n) is 4.00. The van der Waals surface area contributed by atoms with Crippen molar-refractivity contribution in [2.24, 2.45) is 0 Å². The summed E-state index contributed by atoms with van der Waals surface area (Å²) in [6.45, 7) is 0.923. The lowest BCUT2D eigenvalue weighted by atomic mass is 10.0. The van der Waals surface area contributed by atoms with Gasteiger partial charge in [0, 0.05) is 12.2 Å². The molecule has 1 nitrogen and oxygen atoms in total. The molecule has 1 heterocycles. The van der Waals surface area contributed by atoms with Gasteiger partial charge in [-0.2, -0.15) is 0 Å². The van der Waals surface area contributed by atoms with Crippen molar-refractivity contribution in [1.82, 2.24) is 0 Å². The third-order valence-corrected chi connectivity index (χ3v) is 4.37. The monoisotopic (exact) mass is 321 g/mol. The maximum Gasteiger partial charge on any atom is 0.0632 e. The molecule has 0 aromatic heterocycles. The van der Waals surface area contributed by atoms with Gasteiger partial charge >= 0.3 is 0 Å². The number of alkyl halides is 1. The fraction of sp³-hybridized carbons (Fsp3) is 0.143. The van der Waals surface area contributed by atoms with Gasteiger partial charge in [0.25, 0.3) is 0 Å². The molecule has 3 rings (SSSR count). The van der Waals surface area contributed by atoms with E-state index in [4.69, 9.17) is 0 Å². The van der Waals surface area contributed by atoms with Gasteiger partial charge in [-0.15, -0.1) is 0 Å².